The molecule has 1 aliphatic heterocycles. The minimum absolute atomic E-state index is 0.135. The van der Waals surface area contributed by atoms with E-state index in [1.807, 2.05) is 0 Å². The second-order valence-electron chi connectivity index (χ2n) is 5.25. The lowest BCUT2D eigenvalue weighted by Gasteiger charge is -2.20. The van der Waals surface area contributed by atoms with Crippen LogP contribution < -0.4 is 0 Å². The van der Waals surface area contributed by atoms with Crippen molar-refractivity contribution in [2.75, 3.05) is 13.6 Å². The van der Waals surface area contributed by atoms with Crippen molar-refractivity contribution in [3.05, 3.63) is 17.2 Å². The molecule has 0 aliphatic carbocycles. The number of rotatable bonds is 0. The zero-order valence-electron chi connectivity index (χ0n) is 9.52. The molecular weight excluding hydrogens is 174 g/mol. The average molecular weight is 193 g/mol. The number of H-pyrrole nitrogens is 1. The Balaban J connectivity index is 2.32. The molecule has 0 aromatic carbocycles. The first-order valence-corrected chi connectivity index (χ1v) is 5.23. The molecule has 2 rings (SSSR count). The van der Waals surface area contributed by atoms with E-state index < -0.39 is 0 Å². The maximum Gasteiger partial charge on any atom is 0.112 e. The molecule has 78 valence electrons. The van der Waals surface area contributed by atoms with Gasteiger partial charge in [-0.1, -0.05) is 20.8 Å². The van der Waals surface area contributed by atoms with Gasteiger partial charge in [-0.2, -0.15) is 0 Å². The van der Waals surface area contributed by atoms with Gasteiger partial charge >= 0.3 is 0 Å². The third-order valence-electron chi connectivity index (χ3n) is 2.73. The highest BCUT2D eigenvalue weighted by molar-refractivity contribution is 5.20. The standard InChI is InChI=1S/C11H19N3/c1-11(2,3)10-12-8-5-6-14(4)7-9(8)13-10/h5-7H2,1-4H3,(H,12,13). The van der Waals surface area contributed by atoms with Crippen molar-refractivity contribution in [3.8, 4) is 0 Å². The quantitative estimate of drug-likeness (QED) is 0.680. The van der Waals surface area contributed by atoms with Crippen molar-refractivity contribution < 1.29 is 0 Å². The largest absolute Gasteiger partial charge is 0.344 e. The van der Waals surface area contributed by atoms with Crippen molar-refractivity contribution in [1.82, 2.24) is 14.9 Å². The Kier molecular flexibility index (Phi) is 2.14. The first kappa shape index (κ1) is 9.71. The summed E-state index contributed by atoms with van der Waals surface area (Å²) in [6, 6.07) is 0. The zero-order valence-corrected chi connectivity index (χ0v) is 9.52. The number of fused-ring (bicyclic) bond motifs is 1. The summed E-state index contributed by atoms with van der Waals surface area (Å²) < 4.78 is 0. The van der Waals surface area contributed by atoms with Gasteiger partial charge in [0.15, 0.2) is 0 Å². The first-order valence-electron chi connectivity index (χ1n) is 5.23. The van der Waals surface area contributed by atoms with Gasteiger partial charge in [0.25, 0.3) is 0 Å². The van der Waals surface area contributed by atoms with Crippen molar-refractivity contribution in [3.63, 3.8) is 0 Å². The van der Waals surface area contributed by atoms with Gasteiger partial charge in [0.05, 0.1) is 11.4 Å². The predicted molar refractivity (Wildman–Crippen MR) is 57.3 cm³/mol. The molecule has 0 saturated carbocycles. The van der Waals surface area contributed by atoms with Crippen LogP contribution in [0.4, 0.5) is 0 Å². The van der Waals surface area contributed by atoms with Crippen molar-refractivity contribution in [1.29, 1.82) is 0 Å². The molecule has 0 bridgehead atoms. The highest BCUT2D eigenvalue weighted by Gasteiger charge is 2.23. The topological polar surface area (TPSA) is 31.9 Å². The molecule has 3 heteroatoms. The lowest BCUT2D eigenvalue weighted by molar-refractivity contribution is 0.307. The third-order valence-corrected chi connectivity index (χ3v) is 2.73. The maximum atomic E-state index is 4.67. The summed E-state index contributed by atoms with van der Waals surface area (Å²) in [5, 5.41) is 0. The van der Waals surface area contributed by atoms with Crippen LogP contribution in [-0.4, -0.2) is 28.5 Å². The molecule has 1 aliphatic rings. The van der Waals surface area contributed by atoms with Crippen LogP contribution in [0.2, 0.25) is 0 Å². The lowest BCUT2D eigenvalue weighted by Crippen LogP contribution is -2.26. The zero-order chi connectivity index (χ0) is 10.3. The minimum Gasteiger partial charge on any atom is -0.344 e. The van der Waals surface area contributed by atoms with Gasteiger partial charge < -0.3 is 9.88 Å². The number of hydrogen-bond acceptors (Lipinski definition) is 2. The van der Waals surface area contributed by atoms with Crippen molar-refractivity contribution in [2.24, 2.45) is 0 Å². The summed E-state index contributed by atoms with van der Waals surface area (Å²) in [5.41, 5.74) is 2.72. The van der Waals surface area contributed by atoms with Crippen LogP contribution in [0, 0.1) is 0 Å². The summed E-state index contributed by atoms with van der Waals surface area (Å²) in [6.45, 7) is 8.73. The molecule has 0 unspecified atom stereocenters. The summed E-state index contributed by atoms with van der Waals surface area (Å²) >= 11 is 0. The Morgan fingerprint density at radius 1 is 1.36 bits per heavy atom. The Morgan fingerprint density at radius 3 is 2.71 bits per heavy atom. The summed E-state index contributed by atoms with van der Waals surface area (Å²) in [6.07, 6.45) is 1.08. The average Bonchev–Trinajstić information content (AvgIpc) is 2.45. The van der Waals surface area contributed by atoms with Gasteiger partial charge in [-0.3, -0.25) is 0 Å². The Morgan fingerprint density at radius 2 is 2.07 bits per heavy atom. The number of nitrogens with zero attached hydrogens (tertiary/aromatic N) is 2. The van der Waals surface area contributed by atoms with Gasteiger partial charge in [-0.05, 0) is 7.05 Å². The van der Waals surface area contributed by atoms with Crippen LogP contribution >= 0.6 is 0 Å². The highest BCUT2D eigenvalue weighted by atomic mass is 15.1. The van der Waals surface area contributed by atoms with Crippen molar-refractivity contribution in [2.45, 2.75) is 39.2 Å². The first-order chi connectivity index (χ1) is 6.47. The maximum absolute atomic E-state index is 4.67. The SMILES string of the molecule is CN1CCc2nc(C(C)(C)C)[nH]c2C1. The van der Waals surface area contributed by atoms with E-state index >= 15 is 0 Å². The van der Waals surface area contributed by atoms with Gasteiger partial charge in [-0.15, -0.1) is 0 Å². The fraction of sp³-hybridized carbons (Fsp3) is 0.727. The molecule has 3 nitrogen and oxygen atoms in total. The van der Waals surface area contributed by atoms with E-state index in [0.29, 0.717) is 0 Å². The van der Waals surface area contributed by atoms with E-state index in [9.17, 15) is 0 Å². The van der Waals surface area contributed by atoms with Crippen LogP contribution in [0.5, 0.6) is 0 Å². The smallest absolute Gasteiger partial charge is 0.112 e. The monoisotopic (exact) mass is 193 g/mol. The molecule has 1 N–H and O–H groups in total. The fourth-order valence-corrected chi connectivity index (χ4v) is 1.78. The molecular formula is C11H19N3. The van der Waals surface area contributed by atoms with Crippen LogP contribution in [0.15, 0.2) is 0 Å². The van der Waals surface area contributed by atoms with E-state index in [4.69, 9.17) is 0 Å². The molecule has 0 fully saturated rings. The van der Waals surface area contributed by atoms with Crippen LogP contribution in [0.1, 0.15) is 38.0 Å². The molecule has 0 atom stereocenters. The fourth-order valence-electron chi connectivity index (χ4n) is 1.78. The summed E-state index contributed by atoms with van der Waals surface area (Å²) in [4.78, 5) is 10.5. The Bertz CT molecular complexity index is 333. The van der Waals surface area contributed by atoms with Crippen LogP contribution in [0.25, 0.3) is 0 Å². The molecule has 0 spiro atoms. The Hall–Kier alpha value is -0.830. The highest BCUT2D eigenvalue weighted by Crippen LogP contribution is 2.23. The number of aromatic amines is 1. The second kappa shape index (κ2) is 3.09. The number of hydrogen-bond donors (Lipinski definition) is 1. The number of imidazole rings is 1. The number of nitrogens with one attached hydrogen (secondary N) is 1. The molecule has 2 heterocycles. The molecule has 0 saturated heterocycles. The molecule has 1 aromatic rings. The Labute approximate surface area is 85.5 Å². The molecule has 1 aromatic heterocycles. The molecule has 14 heavy (non-hydrogen) atoms. The van der Waals surface area contributed by atoms with E-state index in [0.717, 1.165) is 25.3 Å². The lowest BCUT2D eigenvalue weighted by atomic mass is 9.96. The normalized spacial score (nSPS) is 18.3. The third kappa shape index (κ3) is 1.69. The summed E-state index contributed by atoms with van der Waals surface area (Å²) in [7, 11) is 2.15. The second-order valence-corrected chi connectivity index (χ2v) is 5.25. The van der Waals surface area contributed by atoms with Gasteiger partial charge in [0.1, 0.15) is 5.82 Å². The predicted octanol–water partition coefficient (Wildman–Crippen LogP) is 1.70. The van der Waals surface area contributed by atoms with E-state index in [1.165, 1.54) is 11.4 Å². The number of aromatic nitrogens is 2. The molecule has 0 amide bonds. The van der Waals surface area contributed by atoms with E-state index in [2.05, 4.69) is 42.7 Å². The van der Waals surface area contributed by atoms with Crippen LogP contribution in [0.3, 0.4) is 0 Å². The summed E-state index contributed by atoms with van der Waals surface area (Å²) in [5.74, 6) is 1.12. The minimum atomic E-state index is 0.135. The van der Waals surface area contributed by atoms with Gasteiger partial charge in [0.2, 0.25) is 0 Å². The van der Waals surface area contributed by atoms with Crippen LogP contribution in [-0.2, 0) is 18.4 Å². The van der Waals surface area contributed by atoms with Gasteiger partial charge in [0, 0.05) is 24.9 Å². The van der Waals surface area contributed by atoms with Gasteiger partial charge in [-0.25, -0.2) is 4.98 Å². The van der Waals surface area contributed by atoms with E-state index in [1.54, 1.807) is 0 Å². The molecule has 0 radical (unpaired) electrons. The van der Waals surface area contributed by atoms with E-state index in [-0.39, 0.29) is 5.41 Å². The van der Waals surface area contributed by atoms with Crippen molar-refractivity contribution >= 4 is 0 Å². The number of likely N-dealkylation sites (N-methyl/N-ethyl adjacent to an activating group) is 1.